The number of sulfonamides is 1. The predicted molar refractivity (Wildman–Crippen MR) is 92.1 cm³/mol. The van der Waals surface area contributed by atoms with Crippen LogP contribution < -0.4 is 10.0 Å². The molecule has 128 valence electrons. The Bertz CT molecular complexity index is 329. The minimum atomic E-state index is -3.17. The molecule has 0 aliphatic heterocycles. The van der Waals surface area contributed by atoms with Gasteiger partial charge in [0, 0.05) is 19.1 Å². The second-order valence-corrected chi connectivity index (χ2v) is 8.47. The van der Waals surface area contributed by atoms with Crippen LogP contribution in [0.3, 0.4) is 0 Å². The Morgan fingerprint density at radius 1 is 0.857 bits per heavy atom. The summed E-state index contributed by atoms with van der Waals surface area (Å²) in [6.07, 6.45) is 9.83. The predicted octanol–water partition coefficient (Wildman–Crippen LogP) is 3.43. The highest BCUT2D eigenvalue weighted by molar-refractivity contribution is 7.90. The summed E-state index contributed by atoms with van der Waals surface area (Å²) in [5.74, 6) is 0. The van der Waals surface area contributed by atoms with Crippen LogP contribution in [0.25, 0.3) is 0 Å². The van der Waals surface area contributed by atoms with Crippen LogP contribution in [0.4, 0.5) is 0 Å². The van der Waals surface area contributed by atoms with E-state index in [-0.39, 0.29) is 5.25 Å². The van der Waals surface area contributed by atoms with Crippen LogP contribution >= 0.6 is 0 Å². The van der Waals surface area contributed by atoms with Crippen molar-refractivity contribution in [1.82, 2.24) is 10.0 Å². The SMILES string of the molecule is CCCCCCCCCCNS(=O)(=O)C(C)CNC(C)C. The first-order chi connectivity index (χ1) is 9.90. The van der Waals surface area contributed by atoms with Crippen LogP contribution in [0.5, 0.6) is 0 Å². The fourth-order valence-corrected chi connectivity index (χ4v) is 3.16. The lowest BCUT2D eigenvalue weighted by Gasteiger charge is -2.16. The lowest BCUT2D eigenvalue weighted by molar-refractivity contribution is 0.534. The molecule has 0 aromatic carbocycles. The first-order valence-electron chi connectivity index (χ1n) is 8.62. The molecule has 5 heteroatoms. The molecule has 0 saturated carbocycles. The van der Waals surface area contributed by atoms with Crippen LogP contribution in [0.15, 0.2) is 0 Å². The lowest BCUT2D eigenvalue weighted by atomic mass is 10.1. The maximum absolute atomic E-state index is 12.0. The van der Waals surface area contributed by atoms with Gasteiger partial charge in [-0.05, 0) is 13.3 Å². The Morgan fingerprint density at radius 3 is 1.90 bits per heavy atom. The molecule has 0 amide bonds. The molecule has 0 aliphatic carbocycles. The summed E-state index contributed by atoms with van der Waals surface area (Å²) in [6.45, 7) is 9.10. The maximum Gasteiger partial charge on any atom is 0.215 e. The summed E-state index contributed by atoms with van der Waals surface area (Å²) in [5.41, 5.74) is 0. The summed E-state index contributed by atoms with van der Waals surface area (Å²) >= 11 is 0. The number of hydrogen-bond acceptors (Lipinski definition) is 3. The van der Waals surface area contributed by atoms with Crippen LogP contribution in [0.2, 0.25) is 0 Å². The van der Waals surface area contributed by atoms with Crippen molar-refractivity contribution >= 4 is 10.0 Å². The van der Waals surface area contributed by atoms with E-state index in [1.807, 2.05) is 13.8 Å². The summed E-state index contributed by atoms with van der Waals surface area (Å²) in [6, 6.07) is 0.315. The van der Waals surface area contributed by atoms with E-state index in [0.717, 1.165) is 12.8 Å². The third-order valence-corrected chi connectivity index (χ3v) is 5.51. The van der Waals surface area contributed by atoms with E-state index in [1.54, 1.807) is 6.92 Å². The van der Waals surface area contributed by atoms with Gasteiger partial charge in [-0.15, -0.1) is 0 Å². The number of unbranched alkanes of at least 4 members (excludes halogenated alkanes) is 7. The van der Waals surface area contributed by atoms with Crippen LogP contribution in [-0.4, -0.2) is 32.8 Å². The van der Waals surface area contributed by atoms with Gasteiger partial charge in [0.2, 0.25) is 10.0 Å². The molecule has 0 spiro atoms. The second kappa shape index (κ2) is 12.4. The van der Waals surface area contributed by atoms with Gasteiger partial charge < -0.3 is 5.32 Å². The third-order valence-electron chi connectivity index (χ3n) is 3.68. The average molecular weight is 321 g/mol. The van der Waals surface area contributed by atoms with Crippen molar-refractivity contribution in [3.8, 4) is 0 Å². The van der Waals surface area contributed by atoms with E-state index >= 15 is 0 Å². The van der Waals surface area contributed by atoms with E-state index in [4.69, 9.17) is 0 Å². The lowest BCUT2D eigenvalue weighted by Crippen LogP contribution is -2.41. The Balaban J connectivity index is 3.61. The fourth-order valence-electron chi connectivity index (χ4n) is 2.13. The van der Waals surface area contributed by atoms with Gasteiger partial charge in [0.25, 0.3) is 0 Å². The van der Waals surface area contributed by atoms with E-state index < -0.39 is 10.0 Å². The molecule has 0 aromatic heterocycles. The van der Waals surface area contributed by atoms with Crippen LogP contribution in [0.1, 0.15) is 79.1 Å². The standard InChI is InChI=1S/C16H36N2O2S/c1-5-6-7-8-9-10-11-12-13-18-21(19,20)16(4)14-17-15(2)3/h15-18H,5-14H2,1-4H3. The third kappa shape index (κ3) is 12.1. The molecule has 0 aromatic rings. The maximum atomic E-state index is 12.0. The van der Waals surface area contributed by atoms with Gasteiger partial charge in [-0.1, -0.05) is 65.7 Å². The molecule has 0 rings (SSSR count). The zero-order valence-electron chi connectivity index (χ0n) is 14.5. The van der Waals surface area contributed by atoms with Crippen molar-refractivity contribution in [3.63, 3.8) is 0 Å². The number of hydrogen-bond donors (Lipinski definition) is 2. The number of nitrogens with one attached hydrogen (secondary N) is 2. The highest BCUT2D eigenvalue weighted by Crippen LogP contribution is 2.08. The van der Waals surface area contributed by atoms with Crippen LogP contribution in [-0.2, 0) is 10.0 Å². The molecule has 4 nitrogen and oxygen atoms in total. The zero-order valence-corrected chi connectivity index (χ0v) is 15.3. The van der Waals surface area contributed by atoms with Crippen molar-refractivity contribution in [1.29, 1.82) is 0 Å². The summed E-state index contributed by atoms with van der Waals surface area (Å²) in [5, 5.41) is 2.79. The molecular weight excluding hydrogens is 284 g/mol. The molecule has 2 N–H and O–H groups in total. The smallest absolute Gasteiger partial charge is 0.215 e. The Kier molecular flexibility index (Phi) is 12.3. The highest BCUT2D eigenvalue weighted by atomic mass is 32.2. The zero-order chi connectivity index (χ0) is 16.1. The van der Waals surface area contributed by atoms with Crippen molar-refractivity contribution in [2.45, 2.75) is 90.4 Å². The van der Waals surface area contributed by atoms with Gasteiger partial charge in [0.05, 0.1) is 5.25 Å². The van der Waals surface area contributed by atoms with E-state index in [1.165, 1.54) is 38.5 Å². The first kappa shape index (κ1) is 20.9. The van der Waals surface area contributed by atoms with Crippen LogP contribution in [0, 0.1) is 0 Å². The Labute approximate surface area is 132 Å². The molecule has 0 bridgehead atoms. The molecular formula is C16H36N2O2S. The topological polar surface area (TPSA) is 58.2 Å². The van der Waals surface area contributed by atoms with Gasteiger partial charge in [0.15, 0.2) is 0 Å². The average Bonchev–Trinajstić information content (AvgIpc) is 2.42. The molecule has 0 heterocycles. The van der Waals surface area contributed by atoms with Crippen molar-refractivity contribution in [3.05, 3.63) is 0 Å². The fraction of sp³-hybridized carbons (Fsp3) is 1.00. The highest BCUT2D eigenvalue weighted by Gasteiger charge is 2.19. The van der Waals surface area contributed by atoms with E-state index in [0.29, 0.717) is 19.1 Å². The van der Waals surface area contributed by atoms with Crippen molar-refractivity contribution < 1.29 is 8.42 Å². The molecule has 0 radical (unpaired) electrons. The monoisotopic (exact) mass is 320 g/mol. The minimum Gasteiger partial charge on any atom is -0.313 e. The van der Waals surface area contributed by atoms with Gasteiger partial charge in [0.1, 0.15) is 0 Å². The molecule has 1 atom stereocenters. The summed E-state index contributed by atoms with van der Waals surface area (Å²) in [7, 11) is -3.17. The summed E-state index contributed by atoms with van der Waals surface area (Å²) in [4.78, 5) is 0. The largest absolute Gasteiger partial charge is 0.313 e. The molecule has 0 fully saturated rings. The first-order valence-corrected chi connectivity index (χ1v) is 10.2. The normalized spacial score (nSPS) is 13.8. The molecule has 0 aliphatic rings. The molecule has 1 unspecified atom stereocenters. The van der Waals surface area contributed by atoms with Gasteiger partial charge in [-0.3, -0.25) is 0 Å². The minimum absolute atomic E-state index is 0.315. The van der Waals surface area contributed by atoms with E-state index in [2.05, 4.69) is 17.0 Å². The molecule has 0 saturated heterocycles. The molecule has 21 heavy (non-hydrogen) atoms. The Hall–Kier alpha value is -0.130. The second-order valence-electron chi connectivity index (χ2n) is 6.29. The Morgan fingerprint density at radius 2 is 1.38 bits per heavy atom. The van der Waals surface area contributed by atoms with Crippen molar-refractivity contribution in [2.75, 3.05) is 13.1 Å². The van der Waals surface area contributed by atoms with E-state index in [9.17, 15) is 8.42 Å². The summed E-state index contributed by atoms with van der Waals surface area (Å²) < 4.78 is 26.7. The van der Waals surface area contributed by atoms with Gasteiger partial charge in [-0.2, -0.15) is 0 Å². The van der Waals surface area contributed by atoms with Gasteiger partial charge in [-0.25, -0.2) is 13.1 Å². The van der Waals surface area contributed by atoms with Crippen molar-refractivity contribution in [2.24, 2.45) is 0 Å². The quantitative estimate of drug-likeness (QED) is 0.482. The number of rotatable bonds is 14. The van der Waals surface area contributed by atoms with Gasteiger partial charge >= 0.3 is 0 Å².